The third-order valence-corrected chi connectivity index (χ3v) is 5.17. The maximum Gasteiger partial charge on any atom is 0.229 e. The summed E-state index contributed by atoms with van der Waals surface area (Å²) in [6, 6.07) is 7.76. The van der Waals surface area contributed by atoms with Gasteiger partial charge in [0.15, 0.2) is 0 Å². The number of quaternary nitrogens is 1. The molecule has 1 aliphatic rings. The molecule has 1 fully saturated rings. The second-order valence-electron chi connectivity index (χ2n) is 6.21. The van der Waals surface area contributed by atoms with Gasteiger partial charge in [0, 0.05) is 12.1 Å². The third kappa shape index (κ3) is 5.89. The zero-order chi connectivity index (χ0) is 15.3. The van der Waals surface area contributed by atoms with Crippen LogP contribution in [0, 0.1) is 0 Å². The van der Waals surface area contributed by atoms with Crippen molar-refractivity contribution < 1.29 is 29.9 Å². The lowest BCUT2D eigenvalue weighted by atomic mass is 10.0. The third-order valence-electron chi connectivity index (χ3n) is 4.57. The first kappa shape index (κ1) is 19.5. The van der Waals surface area contributed by atoms with Crippen LogP contribution in [0.2, 0.25) is 0 Å². The molecule has 1 aromatic rings. The molecule has 0 unspecified atom stereocenters. The van der Waals surface area contributed by atoms with Crippen molar-refractivity contribution in [1.82, 2.24) is 0 Å². The summed E-state index contributed by atoms with van der Waals surface area (Å²) < 4.78 is 26.1. The number of halogens is 1. The van der Waals surface area contributed by atoms with Crippen LogP contribution in [0.3, 0.4) is 0 Å². The largest absolute Gasteiger partial charge is 1.00 e. The zero-order valence-corrected chi connectivity index (χ0v) is 15.9. The number of piperidine rings is 1. The predicted molar refractivity (Wildman–Crippen MR) is 87.9 cm³/mol. The zero-order valence-electron chi connectivity index (χ0n) is 13.5. The maximum atomic E-state index is 11.2. The average molecular weight is 391 g/mol. The van der Waals surface area contributed by atoms with Crippen LogP contribution in [0.4, 0.5) is 5.69 Å². The van der Waals surface area contributed by atoms with Crippen LogP contribution in [0.15, 0.2) is 24.3 Å². The Hall–Kier alpha value is -0.590. The first-order chi connectivity index (χ1) is 9.92. The molecule has 6 heteroatoms. The number of hydrogen-bond donors (Lipinski definition) is 1. The molecular formula is C16H27BrN2O2S. The number of rotatable bonds is 6. The molecule has 1 aliphatic heterocycles. The second kappa shape index (κ2) is 8.31. The molecule has 0 amide bonds. The van der Waals surface area contributed by atoms with Crippen LogP contribution >= 0.6 is 0 Å². The van der Waals surface area contributed by atoms with Crippen molar-refractivity contribution in [1.29, 1.82) is 0 Å². The van der Waals surface area contributed by atoms with Crippen LogP contribution in [-0.2, 0) is 16.4 Å². The highest BCUT2D eigenvalue weighted by Gasteiger charge is 2.27. The van der Waals surface area contributed by atoms with Crippen molar-refractivity contribution >= 4 is 15.7 Å². The Balaban J connectivity index is 0.00000242. The molecule has 1 N–H and O–H groups in total. The van der Waals surface area contributed by atoms with Gasteiger partial charge in [-0.25, -0.2) is 8.42 Å². The SMILES string of the molecule is CC[N+]1(CCc2ccc(NS(C)(=O)=O)cc2)CCCCC1.[Br-]. The van der Waals surface area contributed by atoms with Gasteiger partial charge >= 0.3 is 0 Å². The summed E-state index contributed by atoms with van der Waals surface area (Å²) in [5, 5.41) is 0. The van der Waals surface area contributed by atoms with Gasteiger partial charge in [-0.1, -0.05) is 12.1 Å². The Morgan fingerprint density at radius 3 is 2.18 bits per heavy atom. The summed E-state index contributed by atoms with van der Waals surface area (Å²) >= 11 is 0. The van der Waals surface area contributed by atoms with Gasteiger partial charge in [0.25, 0.3) is 0 Å². The molecule has 1 heterocycles. The number of likely N-dealkylation sites (N-methyl/N-ethyl adjacent to an activating group) is 1. The van der Waals surface area contributed by atoms with Crippen molar-refractivity contribution in [3.8, 4) is 0 Å². The molecular weight excluding hydrogens is 364 g/mol. The van der Waals surface area contributed by atoms with E-state index in [2.05, 4.69) is 11.6 Å². The first-order valence-corrected chi connectivity index (χ1v) is 9.73. The molecule has 0 radical (unpaired) electrons. The predicted octanol–water partition coefficient (Wildman–Crippen LogP) is -0.375. The minimum atomic E-state index is -3.19. The Kier molecular flexibility index (Phi) is 7.35. The summed E-state index contributed by atoms with van der Waals surface area (Å²) in [5.41, 5.74) is 1.92. The molecule has 0 spiro atoms. The van der Waals surface area contributed by atoms with E-state index < -0.39 is 10.0 Å². The van der Waals surface area contributed by atoms with Crippen LogP contribution in [0.25, 0.3) is 0 Å². The minimum Gasteiger partial charge on any atom is -1.00 e. The van der Waals surface area contributed by atoms with Gasteiger partial charge in [0.2, 0.25) is 10.0 Å². The van der Waals surface area contributed by atoms with E-state index in [-0.39, 0.29) is 17.0 Å². The van der Waals surface area contributed by atoms with Gasteiger partial charge in [-0.15, -0.1) is 0 Å². The quantitative estimate of drug-likeness (QED) is 0.673. The molecule has 126 valence electrons. The number of nitrogens with one attached hydrogen (secondary N) is 1. The van der Waals surface area contributed by atoms with Crippen LogP contribution in [0.1, 0.15) is 31.7 Å². The van der Waals surface area contributed by atoms with E-state index >= 15 is 0 Å². The molecule has 0 aliphatic carbocycles. The molecule has 22 heavy (non-hydrogen) atoms. The number of sulfonamides is 1. The van der Waals surface area contributed by atoms with Gasteiger partial charge in [-0.2, -0.15) is 0 Å². The molecule has 1 saturated heterocycles. The highest BCUT2D eigenvalue weighted by atomic mass is 79.9. The Labute approximate surface area is 145 Å². The lowest BCUT2D eigenvalue weighted by Crippen LogP contribution is -3.00. The fourth-order valence-electron chi connectivity index (χ4n) is 3.20. The van der Waals surface area contributed by atoms with Crippen molar-refractivity contribution in [3.05, 3.63) is 29.8 Å². The molecule has 0 atom stereocenters. The standard InChI is InChI=1S/C16H27N2O2S.BrH/c1-3-18(12-5-4-6-13-18)14-11-15-7-9-16(10-8-15)17-21(2,19)20;/h7-10,17H,3-6,11-14H2,1-2H3;1H/q+1;/p-1. The van der Waals surface area contributed by atoms with Gasteiger partial charge in [0.1, 0.15) is 0 Å². The monoisotopic (exact) mass is 390 g/mol. The van der Waals surface area contributed by atoms with E-state index in [1.54, 1.807) is 0 Å². The Morgan fingerprint density at radius 1 is 1.09 bits per heavy atom. The number of hydrogen-bond acceptors (Lipinski definition) is 2. The number of benzene rings is 1. The van der Waals surface area contributed by atoms with Crippen molar-refractivity contribution in [2.75, 3.05) is 37.2 Å². The molecule has 0 saturated carbocycles. The highest BCUT2D eigenvalue weighted by molar-refractivity contribution is 7.92. The molecule has 0 aromatic heterocycles. The smallest absolute Gasteiger partial charge is 0.229 e. The van der Waals surface area contributed by atoms with Gasteiger partial charge < -0.3 is 21.5 Å². The van der Waals surface area contributed by atoms with Crippen LogP contribution in [-0.4, -0.2) is 45.3 Å². The van der Waals surface area contributed by atoms with Crippen LogP contribution < -0.4 is 21.7 Å². The summed E-state index contributed by atoms with van der Waals surface area (Å²) in [6.45, 7) is 7.32. The lowest BCUT2D eigenvalue weighted by Gasteiger charge is -2.41. The molecule has 0 bridgehead atoms. The summed E-state index contributed by atoms with van der Waals surface area (Å²) in [7, 11) is -3.19. The summed E-state index contributed by atoms with van der Waals surface area (Å²) in [5.74, 6) is 0. The van der Waals surface area contributed by atoms with Crippen molar-refractivity contribution in [2.24, 2.45) is 0 Å². The Bertz CT molecular complexity index is 552. The maximum absolute atomic E-state index is 11.2. The fourth-order valence-corrected chi connectivity index (χ4v) is 3.76. The number of nitrogens with zero attached hydrogens (tertiary/aromatic N) is 1. The minimum absolute atomic E-state index is 0. The van der Waals surface area contributed by atoms with Gasteiger partial charge in [-0.05, 0) is 43.9 Å². The summed E-state index contributed by atoms with van der Waals surface area (Å²) in [4.78, 5) is 0. The normalized spacial score (nSPS) is 17.5. The average Bonchev–Trinajstić information content (AvgIpc) is 2.46. The van der Waals surface area contributed by atoms with E-state index in [9.17, 15) is 8.42 Å². The van der Waals surface area contributed by atoms with E-state index in [1.807, 2.05) is 24.3 Å². The number of anilines is 1. The number of likely N-dealkylation sites (tertiary alicyclic amines) is 1. The molecule has 2 rings (SSSR count). The Morgan fingerprint density at radius 2 is 1.68 bits per heavy atom. The van der Waals surface area contributed by atoms with Crippen molar-refractivity contribution in [2.45, 2.75) is 32.6 Å². The topological polar surface area (TPSA) is 46.2 Å². The fraction of sp³-hybridized carbons (Fsp3) is 0.625. The van der Waals surface area contributed by atoms with E-state index in [0.29, 0.717) is 5.69 Å². The van der Waals surface area contributed by atoms with E-state index in [4.69, 9.17) is 0 Å². The van der Waals surface area contributed by atoms with Gasteiger partial charge in [0.05, 0.1) is 32.4 Å². The van der Waals surface area contributed by atoms with Crippen molar-refractivity contribution in [3.63, 3.8) is 0 Å². The lowest BCUT2D eigenvalue weighted by molar-refractivity contribution is -0.930. The van der Waals surface area contributed by atoms with E-state index in [1.165, 1.54) is 61.7 Å². The van der Waals surface area contributed by atoms with Gasteiger partial charge in [-0.3, -0.25) is 4.72 Å². The highest BCUT2D eigenvalue weighted by Crippen LogP contribution is 2.20. The molecule has 1 aromatic carbocycles. The van der Waals surface area contributed by atoms with Crippen LogP contribution in [0.5, 0.6) is 0 Å². The second-order valence-corrected chi connectivity index (χ2v) is 7.96. The van der Waals surface area contributed by atoms with E-state index in [0.717, 1.165) is 6.42 Å². The molecule has 4 nitrogen and oxygen atoms in total. The summed E-state index contributed by atoms with van der Waals surface area (Å²) in [6.07, 6.45) is 6.32. The first-order valence-electron chi connectivity index (χ1n) is 7.84.